The number of carbonyl (C=O) groups is 1. The van der Waals surface area contributed by atoms with E-state index in [0.717, 1.165) is 18.4 Å². The summed E-state index contributed by atoms with van der Waals surface area (Å²) in [6.45, 7) is 2.00. The van der Waals surface area contributed by atoms with E-state index in [1.54, 1.807) is 12.1 Å². The van der Waals surface area contributed by atoms with E-state index in [1.165, 1.54) is 19.2 Å². The molecule has 0 aliphatic carbocycles. The maximum absolute atomic E-state index is 12.7. The van der Waals surface area contributed by atoms with Crippen molar-refractivity contribution in [3.63, 3.8) is 0 Å². The highest BCUT2D eigenvalue weighted by atomic mass is 19.1. The molecule has 0 saturated heterocycles. The fourth-order valence-electron chi connectivity index (χ4n) is 1.55. The van der Waals surface area contributed by atoms with Crippen LogP contribution in [-0.2, 0) is 9.53 Å². The smallest absolute Gasteiger partial charge is 0.313 e. The zero-order chi connectivity index (χ0) is 11.3. The van der Waals surface area contributed by atoms with Gasteiger partial charge >= 0.3 is 5.97 Å². The van der Waals surface area contributed by atoms with E-state index in [9.17, 15) is 9.18 Å². The molecule has 15 heavy (non-hydrogen) atoms. The molecule has 0 bridgehead atoms. The van der Waals surface area contributed by atoms with Gasteiger partial charge in [0, 0.05) is 0 Å². The number of hydrogen-bond donors (Lipinski definition) is 0. The second-order valence-electron chi connectivity index (χ2n) is 3.42. The summed E-state index contributed by atoms with van der Waals surface area (Å²) in [5.74, 6) is -0.831. The molecular weight excluding hydrogens is 195 g/mol. The first-order valence-electron chi connectivity index (χ1n) is 5.02. The maximum Gasteiger partial charge on any atom is 0.313 e. The molecule has 0 fully saturated rings. The number of methoxy groups -OCH3 is 1. The Morgan fingerprint density at radius 1 is 1.40 bits per heavy atom. The molecule has 0 heterocycles. The first-order valence-corrected chi connectivity index (χ1v) is 5.02. The van der Waals surface area contributed by atoms with E-state index < -0.39 is 0 Å². The number of carbonyl (C=O) groups excluding carboxylic acids is 1. The minimum Gasteiger partial charge on any atom is -0.469 e. The number of hydrogen-bond acceptors (Lipinski definition) is 2. The van der Waals surface area contributed by atoms with Gasteiger partial charge in [-0.15, -0.1) is 0 Å². The van der Waals surface area contributed by atoms with Crippen molar-refractivity contribution in [2.45, 2.75) is 25.7 Å². The van der Waals surface area contributed by atoms with Gasteiger partial charge in [0.15, 0.2) is 0 Å². The minimum atomic E-state index is -0.293. The van der Waals surface area contributed by atoms with Crippen LogP contribution in [0.25, 0.3) is 0 Å². The monoisotopic (exact) mass is 210 g/mol. The first kappa shape index (κ1) is 11.7. The van der Waals surface area contributed by atoms with Gasteiger partial charge in [-0.2, -0.15) is 0 Å². The van der Waals surface area contributed by atoms with Crippen molar-refractivity contribution in [3.05, 3.63) is 35.6 Å². The van der Waals surface area contributed by atoms with Gasteiger partial charge in [-0.05, 0) is 24.1 Å². The van der Waals surface area contributed by atoms with E-state index in [-0.39, 0.29) is 17.7 Å². The number of rotatable bonds is 4. The predicted molar refractivity (Wildman–Crippen MR) is 56.1 cm³/mol. The summed E-state index contributed by atoms with van der Waals surface area (Å²) in [4.78, 5) is 11.5. The normalized spacial score (nSPS) is 12.2. The van der Waals surface area contributed by atoms with Crippen molar-refractivity contribution >= 4 is 5.97 Å². The summed E-state index contributed by atoms with van der Waals surface area (Å²) < 4.78 is 17.4. The fraction of sp³-hybridized carbons (Fsp3) is 0.417. The maximum atomic E-state index is 12.7. The van der Waals surface area contributed by atoms with Crippen molar-refractivity contribution in [3.8, 4) is 0 Å². The van der Waals surface area contributed by atoms with Gasteiger partial charge in [0.05, 0.1) is 13.0 Å². The van der Waals surface area contributed by atoms with Crippen LogP contribution in [-0.4, -0.2) is 13.1 Å². The summed E-state index contributed by atoms with van der Waals surface area (Å²) in [7, 11) is 1.37. The van der Waals surface area contributed by atoms with Gasteiger partial charge < -0.3 is 4.74 Å². The first-order chi connectivity index (χ1) is 7.19. The number of ether oxygens (including phenoxy) is 1. The highest BCUT2D eigenvalue weighted by molar-refractivity contribution is 5.77. The van der Waals surface area contributed by atoms with Gasteiger partial charge in [0.2, 0.25) is 0 Å². The topological polar surface area (TPSA) is 26.3 Å². The average molecular weight is 210 g/mol. The Morgan fingerprint density at radius 2 is 2.00 bits per heavy atom. The molecule has 3 heteroatoms. The van der Waals surface area contributed by atoms with Crippen molar-refractivity contribution in [1.82, 2.24) is 0 Å². The predicted octanol–water partition coefficient (Wildman–Crippen LogP) is 2.88. The van der Waals surface area contributed by atoms with Gasteiger partial charge in [-0.3, -0.25) is 4.79 Å². The molecule has 0 saturated carbocycles. The minimum absolute atomic E-state index is 0.261. The number of esters is 1. The van der Waals surface area contributed by atoms with Crippen LogP contribution in [0.3, 0.4) is 0 Å². The van der Waals surface area contributed by atoms with Crippen LogP contribution in [0, 0.1) is 5.82 Å². The Morgan fingerprint density at radius 3 is 2.47 bits per heavy atom. The van der Waals surface area contributed by atoms with Crippen molar-refractivity contribution in [2.75, 3.05) is 7.11 Å². The third kappa shape index (κ3) is 3.05. The standard InChI is InChI=1S/C12H15FO2/c1-3-4-11(12(14)15-2)9-5-7-10(13)8-6-9/h5-8,11H,3-4H2,1-2H3. The molecule has 0 aliphatic rings. The lowest BCUT2D eigenvalue weighted by atomic mass is 9.95. The molecule has 2 nitrogen and oxygen atoms in total. The fourth-order valence-corrected chi connectivity index (χ4v) is 1.55. The van der Waals surface area contributed by atoms with Crippen LogP contribution in [0.1, 0.15) is 31.2 Å². The van der Waals surface area contributed by atoms with E-state index in [4.69, 9.17) is 4.74 Å². The van der Waals surface area contributed by atoms with E-state index >= 15 is 0 Å². The molecule has 0 radical (unpaired) electrons. The lowest BCUT2D eigenvalue weighted by Crippen LogP contribution is -2.14. The van der Waals surface area contributed by atoms with Crippen LogP contribution in [0.4, 0.5) is 4.39 Å². The van der Waals surface area contributed by atoms with Crippen LogP contribution < -0.4 is 0 Å². The van der Waals surface area contributed by atoms with Gasteiger partial charge in [0.25, 0.3) is 0 Å². The highest BCUT2D eigenvalue weighted by Gasteiger charge is 2.19. The lowest BCUT2D eigenvalue weighted by Gasteiger charge is -2.13. The van der Waals surface area contributed by atoms with Crippen LogP contribution in [0.15, 0.2) is 24.3 Å². The van der Waals surface area contributed by atoms with E-state index in [2.05, 4.69) is 0 Å². The van der Waals surface area contributed by atoms with E-state index in [0.29, 0.717) is 0 Å². The molecular formula is C12H15FO2. The van der Waals surface area contributed by atoms with Crippen molar-refractivity contribution < 1.29 is 13.9 Å². The zero-order valence-electron chi connectivity index (χ0n) is 9.00. The van der Waals surface area contributed by atoms with E-state index in [1.807, 2.05) is 6.92 Å². The summed E-state index contributed by atoms with van der Waals surface area (Å²) in [6.07, 6.45) is 1.61. The Balaban J connectivity index is 2.88. The molecule has 1 unspecified atom stereocenters. The second-order valence-corrected chi connectivity index (χ2v) is 3.42. The van der Waals surface area contributed by atoms with Crippen molar-refractivity contribution in [1.29, 1.82) is 0 Å². The molecule has 1 aromatic carbocycles. The molecule has 0 aliphatic heterocycles. The summed E-state index contributed by atoms with van der Waals surface area (Å²) in [5, 5.41) is 0. The van der Waals surface area contributed by atoms with Gasteiger partial charge in [-0.25, -0.2) is 4.39 Å². The average Bonchev–Trinajstić information content (AvgIpc) is 2.26. The van der Waals surface area contributed by atoms with Crippen LogP contribution >= 0.6 is 0 Å². The van der Waals surface area contributed by atoms with Crippen molar-refractivity contribution in [2.24, 2.45) is 0 Å². The van der Waals surface area contributed by atoms with Gasteiger partial charge in [-0.1, -0.05) is 25.5 Å². The largest absolute Gasteiger partial charge is 0.469 e. The third-order valence-corrected chi connectivity index (χ3v) is 2.34. The quantitative estimate of drug-likeness (QED) is 0.714. The molecule has 0 amide bonds. The lowest BCUT2D eigenvalue weighted by molar-refractivity contribution is -0.142. The summed E-state index contributed by atoms with van der Waals surface area (Å²) in [5.41, 5.74) is 0.810. The molecule has 82 valence electrons. The van der Waals surface area contributed by atoms with Crippen LogP contribution in [0.5, 0.6) is 0 Å². The summed E-state index contributed by atoms with van der Waals surface area (Å²) >= 11 is 0. The SMILES string of the molecule is CCCC(C(=O)OC)c1ccc(F)cc1. The Hall–Kier alpha value is -1.38. The molecule has 0 N–H and O–H groups in total. The Kier molecular flexibility index (Phi) is 4.28. The summed E-state index contributed by atoms with van der Waals surface area (Å²) in [6, 6.07) is 5.99. The van der Waals surface area contributed by atoms with Crippen LogP contribution in [0.2, 0.25) is 0 Å². The molecule has 0 spiro atoms. The van der Waals surface area contributed by atoms with Gasteiger partial charge in [0.1, 0.15) is 5.82 Å². The molecule has 1 atom stereocenters. The number of halogens is 1. The zero-order valence-corrected chi connectivity index (χ0v) is 9.00. The Bertz CT molecular complexity index is 319. The second kappa shape index (κ2) is 5.49. The molecule has 1 aromatic rings. The third-order valence-electron chi connectivity index (χ3n) is 2.34. The highest BCUT2D eigenvalue weighted by Crippen LogP contribution is 2.22. The number of benzene rings is 1. The Labute approximate surface area is 89.1 Å². The molecule has 0 aromatic heterocycles. The molecule has 1 rings (SSSR count).